The molecule has 6 nitrogen and oxygen atoms in total. The van der Waals surface area contributed by atoms with Gasteiger partial charge in [-0.15, -0.1) is 0 Å². The summed E-state index contributed by atoms with van der Waals surface area (Å²) in [4.78, 5) is 30.4. The Hall–Kier alpha value is -3.87. The summed E-state index contributed by atoms with van der Waals surface area (Å²) in [6.45, 7) is 1.77. The average Bonchev–Trinajstić information content (AvgIpc) is 3.18. The van der Waals surface area contributed by atoms with Crippen LogP contribution >= 0.6 is 0 Å². The zero-order valence-electron chi connectivity index (χ0n) is 16.9. The Morgan fingerprint density at radius 3 is 2.65 bits per heavy atom. The molecular formula is C24H22FN3O3. The van der Waals surface area contributed by atoms with Crippen molar-refractivity contribution in [1.29, 1.82) is 0 Å². The van der Waals surface area contributed by atoms with Crippen molar-refractivity contribution in [3.8, 4) is 5.75 Å². The van der Waals surface area contributed by atoms with E-state index in [1.54, 1.807) is 19.1 Å². The maximum atomic E-state index is 13.5. The number of ether oxygens (including phenoxy) is 1. The Morgan fingerprint density at radius 2 is 1.87 bits per heavy atom. The number of nitrogens with one attached hydrogen (secondary N) is 3. The molecule has 158 valence electrons. The van der Waals surface area contributed by atoms with Gasteiger partial charge in [-0.2, -0.15) is 0 Å². The van der Waals surface area contributed by atoms with Crippen LogP contribution in [0.4, 0.5) is 4.39 Å². The molecule has 0 bridgehead atoms. The first-order valence-electron chi connectivity index (χ1n) is 9.91. The van der Waals surface area contributed by atoms with E-state index in [0.29, 0.717) is 12.2 Å². The van der Waals surface area contributed by atoms with Gasteiger partial charge in [0.05, 0.1) is 0 Å². The van der Waals surface area contributed by atoms with Crippen LogP contribution in [0, 0.1) is 12.7 Å². The summed E-state index contributed by atoms with van der Waals surface area (Å²) in [5, 5.41) is 3.90. The number of aromatic amines is 2. The highest BCUT2D eigenvalue weighted by Gasteiger charge is 2.19. The molecule has 4 aromatic rings. The predicted molar refractivity (Wildman–Crippen MR) is 117 cm³/mol. The molecule has 1 amide bonds. The maximum absolute atomic E-state index is 13.5. The highest BCUT2D eigenvalue weighted by atomic mass is 19.1. The predicted octanol–water partition coefficient (Wildman–Crippen LogP) is 3.63. The molecule has 0 aliphatic rings. The lowest BCUT2D eigenvalue weighted by molar-refractivity contribution is -0.123. The summed E-state index contributed by atoms with van der Waals surface area (Å²) < 4.78 is 18.8. The summed E-state index contributed by atoms with van der Waals surface area (Å²) >= 11 is 0. The molecule has 7 heteroatoms. The quantitative estimate of drug-likeness (QED) is 0.428. The Bertz CT molecular complexity index is 1260. The Balaban J connectivity index is 1.50. The van der Waals surface area contributed by atoms with Gasteiger partial charge in [-0.3, -0.25) is 9.59 Å². The second kappa shape index (κ2) is 8.87. The van der Waals surface area contributed by atoms with Crippen molar-refractivity contribution in [3.05, 3.63) is 99.9 Å². The standard InChI is InChI=1S/C24H22FN3O3/c1-15-10-22(29)23(13-26-15)31-14-24(30)28-11-19(16-6-8-17(25)9-7-16)20-12-27-21-5-3-2-4-18(20)21/h2-10,12-13,19,27H,11,14H2,1H3,(H,26,29)(H,28,30)/t19-/m0/s1. The average molecular weight is 419 g/mol. The number of H-pyrrole nitrogens is 2. The molecule has 2 aromatic carbocycles. The smallest absolute Gasteiger partial charge is 0.257 e. The fraction of sp³-hybridized carbons (Fsp3) is 0.167. The summed E-state index contributed by atoms with van der Waals surface area (Å²) in [5.41, 5.74) is 3.29. The molecule has 2 aromatic heterocycles. The second-order valence-corrected chi connectivity index (χ2v) is 7.33. The number of hydrogen-bond acceptors (Lipinski definition) is 3. The summed E-state index contributed by atoms with van der Waals surface area (Å²) in [6.07, 6.45) is 3.35. The van der Waals surface area contributed by atoms with Crippen molar-refractivity contribution in [1.82, 2.24) is 15.3 Å². The van der Waals surface area contributed by atoms with E-state index in [1.807, 2.05) is 30.5 Å². The first kappa shape index (κ1) is 20.4. The topological polar surface area (TPSA) is 87.0 Å². The molecule has 0 spiro atoms. The van der Waals surface area contributed by atoms with Crippen LogP contribution in [0.25, 0.3) is 10.9 Å². The van der Waals surface area contributed by atoms with Crippen molar-refractivity contribution < 1.29 is 13.9 Å². The lowest BCUT2D eigenvalue weighted by Crippen LogP contribution is -2.33. The highest BCUT2D eigenvalue weighted by Crippen LogP contribution is 2.30. The molecule has 0 radical (unpaired) electrons. The number of fused-ring (bicyclic) bond motifs is 1. The van der Waals surface area contributed by atoms with Crippen LogP contribution < -0.4 is 15.5 Å². The monoisotopic (exact) mass is 419 g/mol. The minimum absolute atomic E-state index is 0.0902. The van der Waals surface area contributed by atoms with Crippen LogP contribution in [0.1, 0.15) is 22.7 Å². The lowest BCUT2D eigenvalue weighted by atomic mass is 9.91. The van der Waals surface area contributed by atoms with E-state index >= 15 is 0 Å². The molecule has 0 saturated carbocycles. The van der Waals surface area contributed by atoms with Gasteiger partial charge < -0.3 is 20.0 Å². The van der Waals surface area contributed by atoms with Crippen LogP contribution in [0.5, 0.6) is 5.75 Å². The molecule has 2 heterocycles. The Labute approximate surface area is 178 Å². The Kier molecular flexibility index (Phi) is 5.84. The molecule has 1 atom stereocenters. The summed E-state index contributed by atoms with van der Waals surface area (Å²) in [7, 11) is 0. The first-order valence-corrected chi connectivity index (χ1v) is 9.91. The summed E-state index contributed by atoms with van der Waals surface area (Å²) in [5.74, 6) is -0.773. The van der Waals surface area contributed by atoms with Crippen LogP contribution in [0.2, 0.25) is 0 Å². The van der Waals surface area contributed by atoms with Gasteiger partial charge in [-0.05, 0) is 36.2 Å². The van der Waals surface area contributed by atoms with E-state index in [9.17, 15) is 14.0 Å². The van der Waals surface area contributed by atoms with E-state index in [0.717, 1.165) is 22.0 Å². The van der Waals surface area contributed by atoms with E-state index < -0.39 is 0 Å². The number of benzene rings is 2. The number of amides is 1. The van der Waals surface area contributed by atoms with Gasteiger partial charge in [-0.1, -0.05) is 30.3 Å². The normalized spacial score (nSPS) is 11.9. The number of pyridine rings is 1. The van der Waals surface area contributed by atoms with Gasteiger partial charge in [0.15, 0.2) is 12.4 Å². The summed E-state index contributed by atoms with van der Waals surface area (Å²) in [6, 6.07) is 15.5. The van der Waals surface area contributed by atoms with Crippen molar-refractivity contribution in [3.63, 3.8) is 0 Å². The van der Waals surface area contributed by atoms with Crippen LogP contribution in [0.15, 0.2) is 71.8 Å². The SMILES string of the molecule is Cc1cc(=O)c(OCC(=O)NC[C@@H](c2ccc(F)cc2)c2c[nH]c3ccccc23)c[nH]1. The molecule has 0 unspecified atom stereocenters. The number of carbonyl (C=O) groups is 1. The van der Waals surface area contributed by atoms with Crippen LogP contribution in [0.3, 0.4) is 0 Å². The fourth-order valence-corrected chi connectivity index (χ4v) is 3.57. The van der Waals surface area contributed by atoms with Gasteiger partial charge in [0.2, 0.25) is 5.43 Å². The molecule has 3 N–H and O–H groups in total. The largest absolute Gasteiger partial charge is 0.478 e. The zero-order chi connectivity index (χ0) is 21.8. The number of halogens is 1. The third-order valence-electron chi connectivity index (χ3n) is 5.15. The number of carbonyl (C=O) groups excluding carboxylic acids is 1. The molecule has 31 heavy (non-hydrogen) atoms. The zero-order valence-corrected chi connectivity index (χ0v) is 16.9. The fourth-order valence-electron chi connectivity index (χ4n) is 3.57. The number of aromatic nitrogens is 2. The molecule has 0 aliphatic carbocycles. The molecule has 4 rings (SSSR count). The van der Waals surface area contributed by atoms with Crippen molar-refractivity contribution in [2.24, 2.45) is 0 Å². The van der Waals surface area contributed by atoms with Gasteiger partial charge in [0.25, 0.3) is 5.91 Å². The van der Waals surface area contributed by atoms with Crippen molar-refractivity contribution in [2.45, 2.75) is 12.8 Å². The highest BCUT2D eigenvalue weighted by molar-refractivity contribution is 5.84. The van der Waals surface area contributed by atoms with Gasteiger partial charge >= 0.3 is 0 Å². The van der Waals surface area contributed by atoms with Gasteiger partial charge in [-0.25, -0.2) is 4.39 Å². The number of rotatable bonds is 7. The van der Waals surface area contributed by atoms with Crippen LogP contribution in [-0.2, 0) is 4.79 Å². The first-order chi connectivity index (χ1) is 15.0. The van der Waals surface area contributed by atoms with Gasteiger partial charge in [0.1, 0.15) is 5.82 Å². The van der Waals surface area contributed by atoms with Crippen molar-refractivity contribution in [2.75, 3.05) is 13.2 Å². The van der Waals surface area contributed by atoms with E-state index in [-0.39, 0.29) is 35.4 Å². The number of hydrogen-bond donors (Lipinski definition) is 3. The number of para-hydroxylation sites is 1. The van der Waals surface area contributed by atoms with Crippen molar-refractivity contribution >= 4 is 16.8 Å². The minimum Gasteiger partial charge on any atom is -0.478 e. The number of aryl methyl sites for hydroxylation is 1. The van der Waals surface area contributed by atoms with E-state index in [4.69, 9.17) is 4.74 Å². The molecule has 0 fully saturated rings. The van der Waals surface area contributed by atoms with Gasteiger partial charge in [0, 0.05) is 47.5 Å². The third kappa shape index (κ3) is 4.66. The second-order valence-electron chi connectivity index (χ2n) is 7.33. The van der Waals surface area contributed by atoms with Crippen LogP contribution in [-0.4, -0.2) is 29.0 Å². The third-order valence-corrected chi connectivity index (χ3v) is 5.15. The Morgan fingerprint density at radius 1 is 1.10 bits per heavy atom. The molecule has 0 saturated heterocycles. The lowest BCUT2D eigenvalue weighted by Gasteiger charge is -2.18. The van der Waals surface area contributed by atoms with E-state index in [1.165, 1.54) is 24.4 Å². The maximum Gasteiger partial charge on any atom is 0.257 e. The van der Waals surface area contributed by atoms with E-state index in [2.05, 4.69) is 15.3 Å². The molecular weight excluding hydrogens is 397 g/mol. The minimum atomic E-state index is -0.355. The molecule has 0 aliphatic heterocycles.